The van der Waals surface area contributed by atoms with Crippen LogP contribution in [-0.2, 0) is 4.74 Å². The van der Waals surface area contributed by atoms with E-state index in [2.05, 4.69) is 4.74 Å². The van der Waals surface area contributed by atoms with Gasteiger partial charge in [0.25, 0.3) is 0 Å². The fraction of sp³-hybridized carbons (Fsp3) is 0.0667. The van der Waals surface area contributed by atoms with Crippen molar-refractivity contribution in [2.24, 2.45) is 0 Å². The minimum Gasteiger partial charge on any atom is -0.508 e. The summed E-state index contributed by atoms with van der Waals surface area (Å²) in [6.07, 6.45) is 0. The predicted octanol–water partition coefficient (Wildman–Crippen LogP) is 2.56. The van der Waals surface area contributed by atoms with Crippen molar-refractivity contribution in [1.82, 2.24) is 0 Å². The van der Waals surface area contributed by atoms with Crippen LogP contribution >= 0.6 is 0 Å². The number of carbonyl (C=O) groups excluding carboxylic acids is 1. The molecule has 0 heterocycles. The van der Waals surface area contributed by atoms with Crippen LogP contribution in [0.4, 0.5) is 0 Å². The van der Waals surface area contributed by atoms with Crippen molar-refractivity contribution in [3.8, 4) is 5.75 Å². The molecule has 0 bridgehead atoms. The molecule has 2 aromatic carbocycles. The van der Waals surface area contributed by atoms with Gasteiger partial charge < -0.3 is 14.9 Å². The average molecular weight is 274 g/mol. The molecule has 2 aromatic rings. The van der Waals surface area contributed by atoms with Gasteiger partial charge in [-0.05, 0) is 36.4 Å². The van der Waals surface area contributed by atoms with Gasteiger partial charge >= 0.3 is 11.9 Å². The van der Waals surface area contributed by atoms with E-state index in [1.165, 1.54) is 31.4 Å². The van der Waals surface area contributed by atoms with Gasteiger partial charge in [-0.1, -0.05) is 18.2 Å². The Morgan fingerprint density at radius 3 is 1.85 bits per heavy atom. The highest BCUT2D eigenvalue weighted by Crippen LogP contribution is 2.09. The van der Waals surface area contributed by atoms with Crippen LogP contribution in [0, 0.1) is 0 Å². The number of benzene rings is 2. The van der Waals surface area contributed by atoms with Gasteiger partial charge in [0, 0.05) is 0 Å². The highest BCUT2D eigenvalue weighted by Gasteiger charge is 2.02. The van der Waals surface area contributed by atoms with Gasteiger partial charge in [0.15, 0.2) is 0 Å². The highest BCUT2D eigenvalue weighted by atomic mass is 16.5. The number of aromatic hydroxyl groups is 1. The summed E-state index contributed by atoms with van der Waals surface area (Å²) in [5.41, 5.74) is 0.766. The molecule has 0 atom stereocenters. The Hall–Kier alpha value is -2.82. The summed E-state index contributed by atoms with van der Waals surface area (Å²) in [5, 5.41) is 17.2. The quantitative estimate of drug-likeness (QED) is 0.822. The number of phenols is 1. The van der Waals surface area contributed by atoms with Crippen molar-refractivity contribution >= 4 is 11.9 Å². The van der Waals surface area contributed by atoms with Gasteiger partial charge in [0.1, 0.15) is 5.75 Å². The fourth-order valence-electron chi connectivity index (χ4n) is 1.30. The number of rotatable bonds is 2. The first-order valence-corrected chi connectivity index (χ1v) is 5.70. The van der Waals surface area contributed by atoms with E-state index in [1.54, 1.807) is 30.3 Å². The van der Waals surface area contributed by atoms with E-state index >= 15 is 0 Å². The number of hydrogen-bond acceptors (Lipinski definition) is 4. The van der Waals surface area contributed by atoms with Gasteiger partial charge in [-0.2, -0.15) is 0 Å². The van der Waals surface area contributed by atoms with Crippen molar-refractivity contribution in [3.63, 3.8) is 0 Å². The Bertz CT molecular complexity index is 561. The van der Waals surface area contributed by atoms with Crippen LogP contribution in [0.3, 0.4) is 0 Å². The molecule has 2 rings (SSSR count). The molecule has 2 N–H and O–H groups in total. The fourth-order valence-corrected chi connectivity index (χ4v) is 1.30. The summed E-state index contributed by atoms with van der Waals surface area (Å²) in [5.74, 6) is -1.14. The van der Waals surface area contributed by atoms with E-state index in [0.29, 0.717) is 11.1 Å². The number of hydrogen-bond donors (Lipinski definition) is 2. The predicted molar refractivity (Wildman–Crippen MR) is 72.8 cm³/mol. The lowest BCUT2D eigenvalue weighted by Crippen LogP contribution is -1.99. The zero-order chi connectivity index (χ0) is 15.0. The Labute approximate surface area is 116 Å². The van der Waals surface area contributed by atoms with Crippen LogP contribution in [0.1, 0.15) is 20.7 Å². The Morgan fingerprint density at radius 1 is 0.900 bits per heavy atom. The second kappa shape index (κ2) is 7.58. The first-order chi connectivity index (χ1) is 9.54. The number of carbonyl (C=O) groups is 2. The molecule has 0 saturated heterocycles. The molecular weight excluding hydrogens is 260 g/mol. The SMILES string of the molecule is COC(=O)c1ccc(O)cc1.O=C(O)c1ccccc1. The normalized spacial score (nSPS) is 9.05. The van der Waals surface area contributed by atoms with Gasteiger partial charge in [-0.3, -0.25) is 0 Å². The van der Waals surface area contributed by atoms with Crippen molar-refractivity contribution in [3.05, 3.63) is 65.7 Å². The monoisotopic (exact) mass is 274 g/mol. The number of aromatic carboxylic acids is 1. The van der Waals surface area contributed by atoms with E-state index in [-0.39, 0.29) is 5.75 Å². The van der Waals surface area contributed by atoms with E-state index in [9.17, 15) is 9.59 Å². The molecule has 0 fully saturated rings. The van der Waals surface area contributed by atoms with E-state index in [0.717, 1.165) is 0 Å². The molecule has 0 saturated carbocycles. The smallest absolute Gasteiger partial charge is 0.337 e. The second-order valence-electron chi connectivity index (χ2n) is 3.71. The lowest BCUT2D eigenvalue weighted by atomic mass is 10.2. The molecule has 0 spiro atoms. The summed E-state index contributed by atoms with van der Waals surface area (Å²) >= 11 is 0. The largest absolute Gasteiger partial charge is 0.508 e. The van der Waals surface area contributed by atoms with E-state index in [4.69, 9.17) is 10.2 Å². The molecule has 0 aliphatic rings. The molecule has 5 heteroatoms. The zero-order valence-electron chi connectivity index (χ0n) is 10.8. The number of carboxylic acid groups (broad SMARTS) is 1. The minimum absolute atomic E-state index is 0.137. The van der Waals surface area contributed by atoms with Gasteiger partial charge in [0.2, 0.25) is 0 Å². The van der Waals surface area contributed by atoms with E-state index in [1.807, 2.05) is 0 Å². The summed E-state index contributed by atoms with van der Waals surface area (Å²) in [6.45, 7) is 0. The second-order valence-corrected chi connectivity index (χ2v) is 3.71. The first kappa shape index (κ1) is 15.2. The topological polar surface area (TPSA) is 83.8 Å². The molecule has 0 amide bonds. The van der Waals surface area contributed by atoms with Gasteiger partial charge in [-0.15, -0.1) is 0 Å². The van der Waals surface area contributed by atoms with Gasteiger partial charge in [-0.25, -0.2) is 9.59 Å². The zero-order valence-corrected chi connectivity index (χ0v) is 10.8. The first-order valence-electron chi connectivity index (χ1n) is 5.70. The lowest BCUT2D eigenvalue weighted by Gasteiger charge is -1.97. The maximum atomic E-state index is 10.8. The third kappa shape index (κ3) is 4.81. The highest BCUT2D eigenvalue weighted by molar-refractivity contribution is 5.89. The number of ether oxygens (including phenoxy) is 1. The molecular formula is C15H14O5. The summed E-state index contributed by atoms with van der Waals surface area (Å²) in [7, 11) is 1.31. The molecule has 0 radical (unpaired) electrons. The molecule has 0 aliphatic heterocycles. The summed E-state index contributed by atoms with van der Waals surface area (Å²) in [4.78, 5) is 21.0. The number of carboxylic acids is 1. The third-order valence-electron chi connectivity index (χ3n) is 2.31. The van der Waals surface area contributed by atoms with Crippen LogP contribution in [0.25, 0.3) is 0 Å². The Morgan fingerprint density at radius 2 is 1.45 bits per heavy atom. The lowest BCUT2D eigenvalue weighted by molar-refractivity contribution is 0.0599. The van der Waals surface area contributed by atoms with Crippen molar-refractivity contribution < 1.29 is 24.5 Å². The van der Waals surface area contributed by atoms with Crippen LogP contribution in [0.2, 0.25) is 0 Å². The van der Waals surface area contributed by atoms with Gasteiger partial charge in [0.05, 0.1) is 18.2 Å². The maximum absolute atomic E-state index is 10.8. The Kier molecular flexibility index (Phi) is 5.77. The number of methoxy groups -OCH3 is 1. The molecule has 0 aromatic heterocycles. The number of phenolic OH excluding ortho intramolecular Hbond substituents is 1. The molecule has 0 unspecified atom stereocenters. The van der Waals surface area contributed by atoms with Crippen molar-refractivity contribution in [2.75, 3.05) is 7.11 Å². The summed E-state index contributed by atoms with van der Waals surface area (Å²) in [6, 6.07) is 14.2. The minimum atomic E-state index is -0.879. The van der Waals surface area contributed by atoms with Crippen LogP contribution in [-0.4, -0.2) is 29.3 Å². The molecule has 20 heavy (non-hydrogen) atoms. The Balaban J connectivity index is 0.000000204. The third-order valence-corrected chi connectivity index (χ3v) is 2.31. The van der Waals surface area contributed by atoms with Crippen LogP contribution < -0.4 is 0 Å². The number of esters is 1. The van der Waals surface area contributed by atoms with Crippen LogP contribution in [0.5, 0.6) is 5.75 Å². The van der Waals surface area contributed by atoms with E-state index < -0.39 is 11.9 Å². The van der Waals surface area contributed by atoms with Crippen molar-refractivity contribution in [2.45, 2.75) is 0 Å². The molecule has 104 valence electrons. The molecule has 5 nitrogen and oxygen atoms in total. The average Bonchev–Trinajstić information content (AvgIpc) is 2.49. The van der Waals surface area contributed by atoms with Crippen molar-refractivity contribution in [1.29, 1.82) is 0 Å². The van der Waals surface area contributed by atoms with Crippen LogP contribution in [0.15, 0.2) is 54.6 Å². The molecule has 0 aliphatic carbocycles. The summed E-state index contributed by atoms with van der Waals surface area (Å²) < 4.78 is 4.46. The maximum Gasteiger partial charge on any atom is 0.337 e. The standard InChI is InChI=1S/C8H8O3.C7H6O2/c1-11-8(10)6-2-4-7(9)5-3-6;8-7(9)6-4-2-1-3-5-6/h2-5,9H,1H3;1-5H,(H,8,9).